The Balaban J connectivity index is 2.01. The van der Waals surface area contributed by atoms with Gasteiger partial charge in [-0.1, -0.05) is 26.0 Å². The lowest BCUT2D eigenvalue weighted by atomic mass is 9.89. The molecule has 1 aliphatic rings. The molecule has 1 aliphatic heterocycles. The summed E-state index contributed by atoms with van der Waals surface area (Å²) < 4.78 is 78.0. The van der Waals surface area contributed by atoms with Gasteiger partial charge >= 0.3 is 6.18 Å². The van der Waals surface area contributed by atoms with E-state index < -0.39 is 50.5 Å². The lowest BCUT2D eigenvalue weighted by Crippen LogP contribution is -2.38. The summed E-state index contributed by atoms with van der Waals surface area (Å²) in [7, 11) is -2.96. The number of amides is 1. The van der Waals surface area contributed by atoms with Gasteiger partial charge in [0.25, 0.3) is 15.9 Å². The molecule has 7 nitrogen and oxygen atoms in total. The molecule has 0 radical (unpaired) electrons. The van der Waals surface area contributed by atoms with E-state index in [-0.39, 0.29) is 17.2 Å². The third kappa shape index (κ3) is 4.10. The Morgan fingerprint density at radius 3 is 2.44 bits per heavy atom. The lowest BCUT2D eigenvalue weighted by Gasteiger charge is -2.26. The van der Waals surface area contributed by atoms with E-state index in [1.54, 1.807) is 0 Å². The van der Waals surface area contributed by atoms with Crippen LogP contribution in [-0.4, -0.2) is 38.4 Å². The fraction of sp³-hybridized carbons (Fsp3) is 0.333. The molecule has 0 spiro atoms. The summed E-state index contributed by atoms with van der Waals surface area (Å²) in [5, 5.41) is 9.07. The molecule has 0 bridgehead atoms. The Labute approximate surface area is 183 Å². The van der Waals surface area contributed by atoms with Crippen molar-refractivity contribution in [2.45, 2.75) is 31.0 Å². The van der Waals surface area contributed by atoms with E-state index in [2.05, 4.69) is 0 Å². The van der Waals surface area contributed by atoms with Gasteiger partial charge in [0.1, 0.15) is 17.1 Å². The molecule has 1 saturated heterocycles. The molecule has 32 heavy (non-hydrogen) atoms. The Hall–Kier alpha value is -3.26. The molecule has 1 amide bonds. The van der Waals surface area contributed by atoms with E-state index in [4.69, 9.17) is 14.7 Å². The number of carbonyl (C=O) groups excluding carboxylic acids is 1. The van der Waals surface area contributed by atoms with E-state index >= 15 is 0 Å². The third-order valence-corrected chi connectivity index (χ3v) is 6.77. The summed E-state index contributed by atoms with van der Waals surface area (Å²) in [5.41, 5.74) is -3.14. The fourth-order valence-electron chi connectivity index (χ4n) is 3.44. The largest absolute Gasteiger partial charge is 0.497 e. The minimum absolute atomic E-state index is 0.205. The number of hydrogen-bond donors (Lipinski definition) is 0. The number of hydrogen-bond acceptors (Lipinski definition) is 6. The second-order valence-corrected chi connectivity index (χ2v) is 9.67. The van der Waals surface area contributed by atoms with Gasteiger partial charge in [-0.25, -0.2) is 12.7 Å². The van der Waals surface area contributed by atoms with Crippen LogP contribution in [0.2, 0.25) is 0 Å². The summed E-state index contributed by atoms with van der Waals surface area (Å²) >= 11 is 0. The first kappa shape index (κ1) is 23.4. The SMILES string of the molecule is COc1cccc(S(=O)(=O)N2CC(C)(C)C(Oc3cccc(C#N)c3C(F)(F)F)C2=O)c1. The first-order valence-electron chi connectivity index (χ1n) is 9.30. The summed E-state index contributed by atoms with van der Waals surface area (Å²) in [6.45, 7) is 2.71. The molecular weight excluding hydrogens is 449 g/mol. The van der Waals surface area contributed by atoms with Crippen molar-refractivity contribution in [3.8, 4) is 17.6 Å². The van der Waals surface area contributed by atoms with Crippen LogP contribution in [0.1, 0.15) is 25.0 Å². The average molecular weight is 468 g/mol. The van der Waals surface area contributed by atoms with Gasteiger partial charge in [0.05, 0.1) is 23.6 Å². The predicted molar refractivity (Wildman–Crippen MR) is 106 cm³/mol. The topological polar surface area (TPSA) is 96.7 Å². The number of carbonyl (C=O) groups is 1. The highest BCUT2D eigenvalue weighted by molar-refractivity contribution is 7.89. The lowest BCUT2D eigenvalue weighted by molar-refractivity contribution is -0.142. The van der Waals surface area contributed by atoms with Crippen molar-refractivity contribution < 1.29 is 35.9 Å². The summed E-state index contributed by atoms with van der Waals surface area (Å²) in [6.07, 6.45) is -6.45. The molecule has 0 N–H and O–H groups in total. The van der Waals surface area contributed by atoms with Crippen molar-refractivity contribution in [2.75, 3.05) is 13.7 Å². The quantitative estimate of drug-likeness (QED) is 0.666. The maximum Gasteiger partial charge on any atom is 0.421 e. The first-order valence-corrected chi connectivity index (χ1v) is 10.7. The van der Waals surface area contributed by atoms with Gasteiger partial charge in [-0.3, -0.25) is 4.79 Å². The molecule has 170 valence electrons. The van der Waals surface area contributed by atoms with Crippen LogP contribution in [0.25, 0.3) is 0 Å². The zero-order chi connectivity index (χ0) is 23.9. The van der Waals surface area contributed by atoms with Crippen molar-refractivity contribution in [3.05, 3.63) is 53.6 Å². The van der Waals surface area contributed by atoms with Crippen molar-refractivity contribution >= 4 is 15.9 Å². The number of methoxy groups -OCH3 is 1. The first-order chi connectivity index (χ1) is 14.8. The molecule has 1 atom stereocenters. The fourth-order valence-corrected chi connectivity index (χ4v) is 5.05. The molecular formula is C21H19F3N2O5S. The zero-order valence-electron chi connectivity index (χ0n) is 17.3. The molecule has 11 heteroatoms. The number of sulfonamides is 1. The number of benzene rings is 2. The third-order valence-electron chi connectivity index (χ3n) is 5.04. The second-order valence-electron chi connectivity index (χ2n) is 7.80. The molecule has 2 aromatic carbocycles. The number of rotatable bonds is 5. The van der Waals surface area contributed by atoms with Crippen LogP contribution in [0.3, 0.4) is 0 Å². The zero-order valence-corrected chi connectivity index (χ0v) is 18.1. The Kier molecular flexibility index (Phi) is 5.86. The Bertz CT molecular complexity index is 1200. The van der Waals surface area contributed by atoms with E-state index in [0.717, 1.165) is 12.1 Å². The predicted octanol–water partition coefficient (Wildman–Crippen LogP) is 3.59. The van der Waals surface area contributed by atoms with Crippen molar-refractivity contribution in [3.63, 3.8) is 0 Å². The number of nitriles is 1. The standard InChI is InChI=1S/C21H19F3N2O5S/c1-20(2)12-26(32(28,29)15-8-5-7-14(10-15)30-3)19(27)18(20)31-16-9-4-6-13(11-25)17(16)21(22,23)24/h4-10,18H,12H2,1-3H3. The van der Waals surface area contributed by atoms with Gasteiger partial charge in [0, 0.05) is 18.0 Å². The number of ether oxygens (including phenoxy) is 2. The molecule has 0 aromatic heterocycles. The highest BCUT2D eigenvalue weighted by atomic mass is 32.2. The van der Waals surface area contributed by atoms with Gasteiger partial charge < -0.3 is 9.47 Å². The van der Waals surface area contributed by atoms with Gasteiger partial charge in [-0.05, 0) is 24.3 Å². The molecule has 1 heterocycles. The van der Waals surface area contributed by atoms with Crippen LogP contribution in [0, 0.1) is 16.7 Å². The van der Waals surface area contributed by atoms with E-state index in [9.17, 15) is 26.4 Å². The Morgan fingerprint density at radius 1 is 1.19 bits per heavy atom. The van der Waals surface area contributed by atoms with Crippen molar-refractivity contribution in [1.29, 1.82) is 5.26 Å². The summed E-state index contributed by atoms with van der Waals surface area (Å²) in [5.74, 6) is -1.47. The van der Waals surface area contributed by atoms with Gasteiger partial charge in [-0.2, -0.15) is 18.4 Å². The summed E-state index contributed by atoms with van der Waals surface area (Å²) in [4.78, 5) is 12.9. The van der Waals surface area contributed by atoms with E-state index in [1.165, 1.54) is 57.4 Å². The second kappa shape index (κ2) is 8.02. The maximum atomic E-state index is 13.6. The highest BCUT2D eigenvalue weighted by Crippen LogP contribution is 2.42. The van der Waals surface area contributed by atoms with Crippen LogP contribution >= 0.6 is 0 Å². The monoisotopic (exact) mass is 468 g/mol. The van der Waals surface area contributed by atoms with Crippen molar-refractivity contribution in [2.24, 2.45) is 5.41 Å². The Morgan fingerprint density at radius 2 is 1.84 bits per heavy atom. The van der Waals surface area contributed by atoms with E-state index in [0.29, 0.717) is 4.31 Å². The van der Waals surface area contributed by atoms with Gasteiger partial charge in [0.15, 0.2) is 6.10 Å². The van der Waals surface area contributed by atoms with Gasteiger partial charge in [-0.15, -0.1) is 0 Å². The molecule has 0 aliphatic carbocycles. The average Bonchev–Trinajstić information content (AvgIpc) is 2.96. The highest BCUT2D eigenvalue weighted by Gasteiger charge is 2.53. The van der Waals surface area contributed by atoms with Crippen LogP contribution < -0.4 is 9.47 Å². The smallest absolute Gasteiger partial charge is 0.421 e. The number of nitrogens with zero attached hydrogens (tertiary/aromatic N) is 2. The van der Waals surface area contributed by atoms with Crippen LogP contribution in [0.5, 0.6) is 11.5 Å². The molecule has 3 rings (SSSR count). The maximum absolute atomic E-state index is 13.6. The molecule has 2 aromatic rings. The van der Waals surface area contributed by atoms with Crippen LogP contribution in [-0.2, 0) is 21.0 Å². The van der Waals surface area contributed by atoms with Crippen LogP contribution in [0.4, 0.5) is 13.2 Å². The van der Waals surface area contributed by atoms with Gasteiger partial charge in [0.2, 0.25) is 0 Å². The summed E-state index contributed by atoms with van der Waals surface area (Å²) in [6, 6.07) is 10.1. The normalized spacial score (nSPS) is 18.3. The molecule has 1 unspecified atom stereocenters. The minimum atomic E-state index is -4.92. The minimum Gasteiger partial charge on any atom is -0.497 e. The van der Waals surface area contributed by atoms with Crippen LogP contribution in [0.15, 0.2) is 47.4 Å². The number of halogens is 3. The number of alkyl halides is 3. The van der Waals surface area contributed by atoms with Crippen molar-refractivity contribution in [1.82, 2.24) is 4.31 Å². The van der Waals surface area contributed by atoms with E-state index in [1.807, 2.05) is 0 Å². The molecule has 1 fully saturated rings. The molecule has 0 saturated carbocycles.